The van der Waals surface area contributed by atoms with Gasteiger partial charge in [-0.2, -0.15) is 0 Å². The molecular formula is C16H26N2O. The molecule has 0 radical (unpaired) electrons. The molecule has 1 unspecified atom stereocenters. The van der Waals surface area contributed by atoms with Crippen LogP contribution in [0.1, 0.15) is 37.7 Å². The maximum absolute atomic E-state index is 10.8. The summed E-state index contributed by atoms with van der Waals surface area (Å²) in [4.78, 5) is 2.29. The van der Waals surface area contributed by atoms with Gasteiger partial charge in [-0.15, -0.1) is 0 Å². The van der Waals surface area contributed by atoms with E-state index in [1.165, 1.54) is 32.1 Å². The lowest BCUT2D eigenvalue weighted by Crippen LogP contribution is -2.48. The van der Waals surface area contributed by atoms with E-state index in [0.29, 0.717) is 12.6 Å². The highest BCUT2D eigenvalue weighted by Crippen LogP contribution is 2.26. The van der Waals surface area contributed by atoms with Crippen LogP contribution in [0.3, 0.4) is 0 Å². The third-order valence-electron chi connectivity index (χ3n) is 4.36. The molecule has 106 valence electrons. The zero-order valence-electron chi connectivity index (χ0n) is 11.9. The monoisotopic (exact) mass is 262 g/mol. The Morgan fingerprint density at radius 2 is 1.84 bits per heavy atom. The van der Waals surface area contributed by atoms with Gasteiger partial charge in [0.05, 0.1) is 0 Å². The van der Waals surface area contributed by atoms with Crippen LogP contribution in [0.4, 0.5) is 0 Å². The van der Waals surface area contributed by atoms with E-state index in [4.69, 9.17) is 5.73 Å². The first-order chi connectivity index (χ1) is 9.15. The van der Waals surface area contributed by atoms with Crippen molar-refractivity contribution in [3.8, 4) is 0 Å². The number of nitrogens with zero attached hydrogens (tertiary/aromatic N) is 1. The first-order valence-electron chi connectivity index (χ1n) is 7.34. The van der Waals surface area contributed by atoms with Crippen molar-refractivity contribution < 1.29 is 5.11 Å². The fourth-order valence-corrected chi connectivity index (χ4v) is 3.09. The molecule has 1 saturated carbocycles. The molecule has 0 aliphatic heterocycles. The van der Waals surface area contributed by atoms with E-state index in [-0.39, 0.29) is 6.54 Å². The van der Waals surface area contributed by atoms with E-state index < -0.39 is 5.60 Å². The minimum absolute atomic E-state index is 0.258. The average molecular weight is 262 g/mol. The maximum atomic E-state index is 10.8. The Morgan fingerprint density at radius 1 is 1.21 bits per heavy atom. The van der Waals surface area contributed by atoms with Gasteiger partial charge in [-0.1, -0.05) is 49.6 Å². The van der Waals surface area contributed by atoms with E-state index >= 15 is 0 Å². The van der Waals surface area contributed by atoms with Crippen molar-refractivity contribution in [2.75, 3.05) is 20.1 Å². The van der Waals surface area contributed by atoms with Crippen LogP contribution >= 0.6 is 0 Å². The summed E-state index contributed by atoms with van der Waals surface area (Å²) >= 11 is 0. The van der Waals surface area contributed by atoms with Crippen LogP contribution in [-0.4, -0.2) is 36.2 Å². The quantitative estimate of drug-likeness (QED) is 0.854. The molecule has 1 aromatic rings. The van der Waals surface area contributed by atoms with Crippen molar-refractivity contribution in [2.45, 2.75) is 43.7 Å². The molecule has 0 spiro atoms. The fourth-order valence-electron chi connectivity index (χ4n) is 3.09. The number of aliphatic hydroxyl groups is 1. The molecule has 0 amide bonds. The second-order valence-electron chi connectivity index (χ2n) is 5.81. The number of benzene rings is 1. The van der Waals surface area contributed by atoms with Crippen molar-refractivity contribution in [1.29, 1.82) is 0 Å². The number of nitrogens with two attached hydrogens (primary N) is 1. The Labute approximate surface area is 116 Å². The van der Waals surface area contributed by atoms with Crippen LogP contribution < -0.4 is 5.73 Å². The highest BCUT2D eigenvalue weighted by Gasteiger charge is 2.31. The number of rotatable bonds is 5. The Hall–Kier alpha value is -0.900. The van der Waals surface area contributed by atoms with Gasteiger partial charge in [0.25, 0.3) is 0 Å². The predicted octanol–water partition coefficient (Wildman–Crippen LogP) is 2.10. The highest BCUT2D eigenvalue weighted by molar-refractivity contribution is 5.23. The third kappa shape index (κ3) is 3.56. The fraction of sp³-hybridized carbons (Fsp3) is 0.625. The summed E-state index contributed by atoms with van der Waals surface area (Å²) in [7, 11) is 2.11. The van der Waals surface area contributed by atoms with E-state index in [1.807, 2.05) is 30.3 Å². The molecule has 3 nitrogen and oxygen atoms in total. The standard InChI is InChI=1S/C16H26N2O/c1-18(15-10-6-3-7-11-15)13-16(19,12-17)14-8-4-2-5-9-14/h2,4-5,8-9,15,19H,3,6-7,10-13,17H2,1H3. The van der Waals surface area contributed by atoms with Crippen LogP contribution in [0.25, 0.3) is 0 Å². The Morgan fingerprint density at radius 3 is 2.42 bits per heavy atom. The van der Waals surface area contributed by atoms with Gasteiger partial charge in [0.1, 0.15) is 5.60 Å². The molecule has 0 bridgehead atoms. The van der Waals surface area contributed by atoms with Gasteiger partial charge in [0.2, 0.25) is 0 Å². The molecule has 0 saturated heterocycles. The number of likely N-dealkylation sites (N-methyl/N-ethyl adjacent to an activating group) is 1. The maximum Gasteiger partial charge on any atom is 0.114 e. The molecule has 0 heterocycles. The Bertz CT molecular complexity index is 376. The van der Waals surface area contributed by atoms with Gasteiger partial charge in [-0.25, -0.2) is 0 Å². The molecule has 1 atom stereocenters. The van der Waals surface area contributed by atoms with Crippen LogP contribution in [0.5, 0.6) is 0 Å². The van der Waals surface area contributed by atoms with Crippen LogP contribution in [0, 0.1) is 0 Å². The van der Waals surface area contributed by atoms with E-state index in [9.17, 15) is 5.11 Å². The lowest BCUT2D eigenvalue weighted by molar-refractivity contribution is -0.00186. The van der Waals surface area contributed by atoms with E-state index in [0.717, 1.165) is 5.56 Å². The lowest BCUT2D eigenvalue weighted by Gasteiger charge is -2.37. The molecule has 1 aromatic carbocycles. The molecule has 2 rings (SSSR count). The Kier molecular flexibility index (Phi) is 4.97. The summed E-state index contributed by atoms with van der Waals surface area (Å²) in [5, 5.41) is 10.8. The molecule has 1 fully saturated rings. The zero-order chi connectivity index (χ0) is 13.7. The number of hydrogen-bond donors (Lipinski definition) is 2. The largest absolute Gasteiger partial charge is 0.382 e. The number of hydrogen-bond acceptors (Lipinski definition) is 3. The first kappa shape index (κ1) is 14.5. The third-order valence-corrected chi connectivity index (χ3v) is 4.36. The first-order valence-corrected chi connectivity index (χ1v) is 7.34. The average Bonchev–Trinajstić information content (AvgIpc) is 2.49. The molecule has 1 aliphatic carbocycles. The van der Waals surface area contributed by atoms with Gasteiger partial charge in [-0.3, -0.25) is 0 Å². The summed E-state index contributed by atoms with van der Waals surface area (Å²) in [6, 6.07) is 10.4. The minimum Gasteiger partial charge on any atom is -0.382 e. The van der Waals surface area contributed by atoms with Crippen LogP contribution in [0.2, 0.25) is 0 Å². The molecule has 19 heavy (non-hydrogen) atoms. The molecule has 3 N–H and O–H groups in total. The molecule has 1 aliphatic rings. The minimum atomic E-state index is -0.937. The summed E-state index contributed by atoms with van der Waals surface area (Å²) in [6.07, 6.45) is 6.45. The normalized spacial score (nSPS) is 20.4. The van der Waals surface area contributed by atoms with Crippen molar-refractivity contribution in [3.05, 3.63) is 35.9 Å². The summed E-state index contributed by atoms with van der Waals surface area (Å²) in [5.41, 5.74) is 5.82. The van der Waals surface area contributed by atoms with E-state index in [1.54, 1.807) is 0 Å². The summed E-state index contributed by atoms with van der Waals surface area (Å²) in [6.45, 7) is 0.867. The molecule has 0 aromatic heterocycles. The second kappa shape index (κ2) is 6.51. The smallest absolute Gasteiger partial charge is 0.114 e. The molecule has 3 heteroatoms. The summed E-state index contributed by atoms with van der Waals surface area (Å²) < 4.78 is 0. The zero-order valence-corrected chi connectivity index (χ0v) is 11.9. The van der Waals surface area contributed by atoms with Gasteiger partial charge >= 0.3 is 0 Å². The Balaban J connectivity index is 2.05. The van der Waals surface area contributed by atoms with Crippen molar-refractivity contribution >= 4 is 0 Å². The highest BCUT2D eigenvalue weighted by atomic mass is 16.3. The summed E-state index contributed by atoms with van der Waals surface area (Å²) in [5.74, 6) is 0. The SMILES string of the molecule is CN(CC(O)(CN)c1ccccc1)C1CCCCC1. The van der Waals surface area contributed by atoms with Crippen molar-refractivity contribution in [1.82, 2.24) is 4.90 Å². The predicted molar refractivity (Wildman–Crippen MR) is 78.9 cm³/mol. The molecular weight excluding hydrogens is 236 g/mol. The van der Waals surface area contributed by atoms with E-state index in [2.05, 4.69) is 11.9 Å². The van der Waals surface area contributed by atoms with Gasteiger partial charge in [0, 0.05) is 19.1 Å². The second-order valence-corrected chi connectivity index (χ2v) is 5.81. The van der Waals surface area contributed by atoms with Gasteiger partial charge in [0.15, 0.2) is 0 Å². The topological polar surface area (TPSA) is 49.5 Å². The van der Waals surface area contributed by atoms with Gasteiger partial charge < -0.3 is 15.7 Å². The van der Waals surface area contributed by atoms with Crippen LogP contribution in [0.15, 0.2) is 30.3 Å². The van der Waals surface area contributed by atoms with Gasteiger partial charge in [-0.05, 0) is 25.5 Å². The lowest BCUT2D eigenvalue weighted by atomic mass is 9.90. The van der Waals surface area contributed by atoms with Crippen LogP contribution in [-0.2, 0) is 5.60 Å². The van der Waals surface area contributed by atoms with Crippen molar-refractivity contribution in [2.24, 2.45) is 5.73 Å². The van der Waals surface area contributed by atoms with Crippen molar-refractivity contribution in [3.63, 3.8) is 0 Å².